The molecule has 1 saturated carbocycles. The molecule has 1 amide bonds. The Bertz CT molecular complexity index is 548. The summed E-state index contributed by atoms with van der Waals surface area (Å²) in [5, 5.41) is 2.86. The quantitative estimate of drug-likeness (QED) is 0.768. The summed E-state index contributed by atoms with van der Waals surface area (Å²) < 4.78 is 4.87. The van der Waals surface area contributed by atoms with Gasteiger partial charge in [-0.3, -0.25) is 9.59 Å². The van der Waals surface area contributed by atoms with Crippen LogP contribution in [0.15, 0.2) is 24.3 Å². The van der Waals surface area contributed by atoms with Crippen molar-refractivity contribution < 1.29 is 14.3 Å². The summed E-state index contributed by atoms with van der Waals surface area (Å²) in [6.45, 7) is 2.24. The average molecular weight is 355 g/mol. The fraction of sp³-hybridized carbons (Fsp3) is 0.556. The van der Waals surface area contributed by atoms with Gasteiger partial charge in [0.05, 0.1) is 13.0 Å². The number of aryl methyl sites for hydroxylation is 1. The number of carbonyl (C=O) groups excluding carboxylic acids is 2. The minimum atomic E-state index is -0.484. The van der Waals surface area contributed by atoms with Crippen LogP contribution in [-0.4, -0.2) is 31.6 Å². The fourth-order valence-corrected chi connectivity index (χ4v) is 3.12. The molecule has 6 heteroatoms. The minimum absolute atomic E-state index is 0. The second-order valence-electron chi connectivity index (χ2n) is 6.35. The lowest BCUT2D eigenvalue weighted by Gasteiger charge is -2.18. The molecule has 1 fully saturated rings. The van der Waals surface area contributed by atoms with Gasteiger partial charge in [0.25, 0.3) is 0 Å². The van der Waals surface area contributed by atoms with Crippen molar-refractivity contribution in [3.05, 3.63) is 35.4 Å². The zero-order valence-corrected chi connectivity index (χ0v) is 15.1. The number of nitrogens with two attached hydrogens (primary N) is 1. The lowest BCUT2D eigenvalue weighted by molar-refractivity contribution is -0.142. The van der Waals surface area contributed by atoms with Crippen molar-refractivity contribution in [3.63, 3.8) is 0 Å². The van der Waals surface area contributed by atoms with Gasteiger partial charge >= 0.3 is 5.97 Å². The predicted molar refractivity (Wildman–Crippen MR) is 96.1 cm³/mol. The number of halogens is 1. The SMILES string of the molecule is COC(=O)C(CNC(=O)C[C@@H]1CCC[C@H]1N)c1ccc(C)cc1.Cl. The van der Waals surface area contributed by atoms with Crippen LogP contribution in [0.1, 0.15) is 42.7 Å². The molecule has 0 heterocycles. The van der Waals surface area contributed by atoms with E-state index in [0.29, 0.717) is 6.42 Å². The maximum atomic E-state index is 12.1. The molecule has 0 aromatic heterocycles. The van der Waals surface area contributed by atoms with E-state index in [1.54, 1.807) is 0 Å². The highest BCUT2D eigenvalue weighted by Crippen LogP contribution is 2.26. The van der Waals surface area contributed by atoms with Gasteiger partial charge in [-0.05, 0) is 31.2 Å². The fourth-order valence-electron chi connectivity index (χ4n) is 3.12. The van der Waals surface area contributed by atoms with Gasteiger partial charge in [-0.1, -0.05) is 36.2 Å². The highest BCUT2D eigenvalue weighted by molar-refractivity contribution is 5.85. The zero-order valence-electron chi connectivity index (χ0n) is 14.3. The van der Waals surface area contributed by atoms with Crippen LogP contribution in [-0.2, 0) is 14.3 Å². The number of esters is 1. The molecule has 2 rings (SSSR count). The van der Waals surface area contributed by atoms with Gasteiger partial charge in [-0.2, -0.15) is 0 Å². The van der Waals surface area contributed by atoms with Crippen LogP contribution < -0.4 is 11.1 Å². The van der Waals surface area contributed by atoms with Gasteiger partial charge in [-0.15, -0.1) is 12.4 Å². The second kappa shape index (κ2) is 9.64. The summed E-state index contributed by atoms with van der Waals surface area (Å²) in [6, 6.07) is 7.82. The lowest BCUT2D eigenvalue weighted by Crippen LogP contribution is -2.35. The highest BCUT2D eigenvalue weighted by Gasteiger charge is 2.27. The molecule has 0 radical (unpaired) electrons. The van der Waals surface area contributed by atoms with Crippen molar-refractivity contribution in [1.82, 2.24) is 5.32 Å². The van der Waals surface area contributed by atoms with Crippen molar-refractivity contribution in [1.29, 1.82) is 0 Å². The van der Waals surface area contributed by atoms with Gasteiger partial charge in [-0.25, -0.2) is 0 Å². The molecule has 0 aliphatic heterocycles. The summed E-state index contributed by atoms with van der Waals surface area (Å²) in [6.07, 6.45) is 3.52. The molecule has 3 N–H and O–H groups in total. The lowest BCUT2D eigenvalue weighted by atomic mass is 9.97. The Morgan fingerprint density at radius 1 is 1.29 bits per heavy atom. The van der Waals surface area contributed by atoms with E-state index in [0.717, 1.165) is 30.4 Å². The molecule has 134 valence electrons. The first-order valence-corrected chi connectivity index (χ1v) is 8.18. The van der Waals surface area contributed by atoms with E-state index in [-0.39, 0.29) is 42.8 Å². The molecule has 1 aromatic rings. The second-order valence-corrected chi connectivity index (χ2v) is 6.35. The first kappa shape index (κ1) is 20.5. The first-order valence-electron chi connectivity index (χ1n) is 8.18. The topological polar surface area (TPSA) is 81.4 Å². The Kier molecular flexibility index (Phi) is 8.22. The highest BCUT2D eigenvalue weighted by atomic mass is 35.5. The number of methoxy groups -OCH3 is 1. The normalized spacial score (nSPS) is 20.8. The molecule has 1 aliphatic rings. The van der Waals surface area contributed by atoms with Crippen molar-refractivity contribution in [3.8, 4) is 0 Å². The molecule has 5 nitrogen and oxygen atoms in total. The van der Waals surface area contributed by atoms with Gasteiger partial charge in [0.1, 0.15) is 0 Å². The molecule has 0 spiro atoms. The first-order chi connectivity index (χ1) is 11.0. The zero-order chi connectivity index (χ0) is 16.8. The third-order valence-electron chi connectivity index (χ3n) is 4.63. The Morgan fingerprint density at radius 3 is 2.50 bits per heavy atom. The third kappa shape index (κ3) is 5.49. The van der Waals surface area contributed by atoms with E-state index in [4.69, 9.17) is 10.5 Å². The van der Waals surface area contributed by atoms with Gasteiger partial charge < -0.3 is 15.8 Å². The molecule has 3 atom stereocenters. The molecular formula is C18H27ClN2O3. The standard InChI is InChI=1S/C18H26N2O3.ClH/c1-12-6-8-13(9-7-12)15(18(22)23-2)11-20-17(21)10-14-4-3-5-16(14)19;/h6-9,14-16H,3-5,10-11,19H2,1-2H3,(H,20,21);1H/t14-,15?,16+;/m0./s1. The van der Waals surface area contributed by atoms with E-state index < -0.39 is 5.92 Å². The average Bonchev–Trinajstić information content (AvgIpc) is 2.94. The monoisotopic (exact) mass is 354 g/mol. The van der Waals surface area contributed by atoms with E-state index in [2.05, 4.69) is 5.32 Å². The van der Waals surface area contributed by atoms with Crippen LogP contribution in [0.25, 0.3) is 0 Å². The van der Waals surface area contributed by atoms with E-state index >= 15 is 0 Å². The predicted octanol–water partition coefficient (Wildman–Crippen LogP) is 2.31. The number of nitrogens with one attached hydrogen (secondary N) is 1. The van der Waals surface area contributed by atoms with Crippen LogP contribution in [0.2, 0.25) is 0 Å². The number of hydrogen-bond donors (Lipinski definition) is 2. The Balaban J connectivity index is 0.00000288. The van der Waals surface area contributed by atoms with E-state index in [9.17, 15) is 9.59 Å². The third-order valence-corrected chi connectivity index (χ3v) is 4.63. The number of carbonyl (C=O) groups is 2. The Labute approximate surface area is 149 Å². The number of amides is 1. The molecule has 1 unspecified atom stereocenters. The summed E-state index contributed by atoms with van der Waals surface area (Å²) in [4.78, 5) is 24.1. The van der Waals surface area contributed by atoms with Crippen molar-refractivity contribution in [2.45, 2.75) is 44.6 Å². The summed E-state index contributed by atoms with van der Waals surface area (Å²) in [7, 11) is 1.36. The van der Waals surface area contributed by atoms with Gasteiger partial charge in [0.15, 0.2) is 0 Å². The van der Waals surface area contributed by atoms with Crippen molar-refractivity contribution in [2.75, 3.05) is 13.7 Å². The molecule has 0 bridgehead atoms. The summed E-state index contributed by atoms with van der Waals surface area (Å²) >= 11 is 0. The van der Waals surface area contributed by atoms with E-state index in [1.165, 1.54) is 7.11 Å². The van der Waals surface area contributed by atoms with Crippen LogP contribution in [0, 0.1) is 12.8 Å². The Morgan fingerprint density at radius 2 is 1.96 bits per heavy atom. The van der Waals surface area contributed by atoms with Crippen LogP contribution in [0.5, 0.6) is 0 Å². The molecule has 0 saturated heterocycles. The minimum Gasteiger partial charge on any atom is -0.468 e. The smallest absolute Gasteiger partial charge is 0.314 e. The molecule has 1 aliphatic carbocycles. The maximum Gasteiger partial charge on any atom is 0.314 e. The number of benzene rings is 1. The molecular weight excluding hydrogens is 328 g/mol. The van der Waals surface area contributed by atoms with E-state index in [1.807, 2.05) is 31.2 Å². The van der Waals surface area contributed by atoms with Crippen molar-refractivity contribution >= 4 is 24.3 Å². The maximum absolute atomic E-state index is 12.1. The van der Waals surface area contributed by atoms with Gasteiger partial charge in [0.2, 0.25) is 5.91 Å². The number of hydrogen-bond acceptors (Lipinski definition) is 4. The summed E-state index contributed by atoms with van der Waals surface area (Å²) in [5.41, 5.74) is 7.97. The number of ether oxygens (including phenoxy) is 1. The largest absolute Gasteiger partial charge is 0.468 e. The van der Waals surface area contributed by atoms with Crippen molar-refractivity contribution in [2.24, 2.45) is 11.7 Å². The Hall–Kier alpha value is -1.59. The molecule has 24 heavy (non-hydrogen) atoms. The van der Waals surface area contributed by atoms with Crippen LogP contribution in [0.4, 0.5) is 0 Å². The number of rotatable bonds is 6. The summed E-state index contributed by atoms with van der Waals surface area (Å²) in [5.74, 6) is -0.618. The molecule has 1 aromatic carbocycles. The van der Waals surface area contributed by atoms with Gasteiger partial charge in [0, 0.05) is 19.0 Å². The van der Waals surface area contributed by atoms with Crippen LogP contribution in [0.3, 0.4) is 0 Å². The van der Waals surface area contributed by atoms with Crippen LogP contribution >= 0.6 is 12.4 Å².